The van der Waals surface area contributed by atoms with Gasteiger partial charge in [0, 0.05) is 6.42 Å². The Morgan fingerprint density at radius 1 is 0.500 bits per heavy atom. The van der Waals surface area contributed by atoms with Crippen molar-refractivity contribution in [2.75, 3.05) is 40.9 Å². The lowest BCUT2D eigenvalue weighted by Gasteiger charge is -2.25. The Morgan fingerprint density at radius 3 is 1.26 bits per heavy atom. The van der Waals surface area contributed by atoms with Gasteiger partial charge in [0.25, 0.3) is 0 Å². The van der Waals surface area contributed by atoms with Gasteiger partial charge in [-0.1, -0.05) is 253 Å². The fourth-order valence-electron chi connectivity index (χ4n) is 8.10. The number of phosphoric ester groups is 1. The van der Waals surface area contributed by atoms with Gasteiger partial charge in [0.15, 0.2) is 0 Å². The fourth-order valence-corrected chi connectivity index (χ4v) is 8.84. The first kappa shape index (κ1) is 67.7. The van der Waals surface area contributed by atoms with E-state index >= 15 is 0 Å². The van der Waals surface area contributed by atoms with Crippen molar-refractivity contribution in [1.82, 2.24) is 5.32 Å². The summed E-state index contributed by atoms with van der Waals surface area (Å²) < 4.78 is 23.7. The third kappa shape index (κ3) is 53.5. The van der Waals surface area contributed by atoms with Crippen molar-refractivity contribution >= 4 is 13.7 Å². The van der Waals surface area contributed by atoms with Crippen LogP contribution < -0.4 is 5.32 Å². The van der Waals surface area contributed by atoms with Crippen LogP contribution in [0.2, 0.25) is 0 Å². The highest BCUT2D eigenvalue weighted by atomic mass is 31.2. The van der Waals surface area contributed by atoms with E-state index in [0.29, 0.717) is 17.4 Å². The van der Waals surface area contributed by atoms with Crippen molar-refractivity contribution in [3.05, 3.63) is 85.1 Å². The van der Waals surface area contributed by atoms with Gasteiger partial charge >= 0.3 is 7.82 Å². The summed E-state index contributed by atoms with van der Waals surface area (Å²) in [5.74, 6) is -0.181. The molecule has 0 rings (SSSR count). The first-order valence-electron chi connectivity index (χ1n) is 29.0. The van der Waals surface area contributed by atoms with E-state index in [-0.39, 0.29) is 19.1 Å². The van der Waals surface area contributed by atoms with Crippen LogP contribution in [0.1, 0.15) is 245 Å². The van der Waals surface area contributed by atoms with Crippen LogP contribution in [0.4, 0.5) is 0 Å². The molecule has 1 amide bonds. The minimum Gasteiger partial charge on any atom is -0.387 e. The van der Waals surface area contributed by atoms with E-state index in [0.717, 1.165) is 77.0 Å². The highest BCUT2D eigenvalue weighted by Gasteiger charge is 2.27. The van der Waals surface area contributed by atoms with Crippen LogP contribution in [0, 0.1) is 0 Å². The molecular formula is C61H112N2O6P+. The Bertz CT molecular complexity index is 1410. The summed E-state index contributed by atoms with van der Waals surface area (Å²) in [6, 6.07) is -0.852. The number of rotatable bonds is 52. The fraction of sp³-hybridized carbons (Fsp3) is 0.754. The number of allylic oxidation sites excluding steroid dienone is 13. The van der Waals surface area contributed by atoms with E-state index in [2.05, 4.69) is 92.1 Å². The van der Waals surface area contributed by atoms with Gasteiger partial charge in [0.1, 0.15) is 13.2 Å². The van der Waals surface area contributed by atoms with Crippen LogP contribution in [-0.4, -0.2) is 73.4 Å². The van der Waals surface area contributed by atoms with Crippen molar-refractivity contribution in [2.24, 2.45) is 0 Å². The summed E-state index contributed by atoms with van der Waals surface area (Å²) in [5.41, 5.74) is 0. The second-order valence-electron chi connectivity index (χ2n) is 20.6. The molecule has 0 bridgehead atoms. The Hall–Kier alpha value is -2.32. The quantitative estimate of drug-likeness (QED) is 0.0243. The maximum Gasteiger partial charge on any atom is 0.472 e. The Morgan fingerprint density at radius 2 is 0.857 bits per heavy atom. The maximum absolute atomic E-state index is 13.0. The molecule has 0 aromatic heterocycles. The predicted molar refractivity (Wildman–Crippen MR) is 304 cm³/mol. The van der Waals surface area contributed by atoms with Gasteiger partial charge in [-0.3, -0.25) is 13.8 Å². The molecule has 0 saturated heterocycles. The summed E-state index contributed by atoms with van der Waals surface area (Å²) in [6.07, 6.45) is 72.5. The standard InChI is InChI=1S/C61H111N2O6P/c1-6-8-10-12-14-16-18-20-22-24-25-26-27-28-29-30-31-32-33-34-35-36-37-39-41-43-45-47-49-51-53-55-61(65)62-59(58-69-70(66,67)68-57-56-63(3,4)5)60(64)54-52-50-48-46-44-42-40-38-23-21-19-17-15-13-11-9-7-2/h8,10,14,16,20,22,25-26,28-29,31-32,52,54,59-60,64H,6-7,9,11-13,15,17-19,21,23-24,27,30,33-51,53,55-58H2,1-5H3,(H-,62,65,66,67)/p+1/b10-8-,16-14-,22-20-,26-25-,29-28-,32-31-,54-52+. The molecule has 0 aliphatic carbocycles. The van der Waals surface area contributed by atoms with Crippen molar-refractivity contribution in [3.63, 3.8) is 0 Å². The molecule has 3 unspecified atom stereocenters. The number of carbonyl (C=O) groups is 1. The van der Waals surface area contributed by atoms with Crippen molar-refractivity contribution in [2.45, 2.75) is 257 Å². The molecule has 0 radical (unpaired) electrons. The lowest BCUT2D eigenvalue weighted by Crippen LogP contribution is -2.45. The van der Waals surface area contributed by atoms with Crippen molar-refractivity contribution in [3.8, 4) is 0 Å². The summed E-state index contributed by atoms with van der Waals surface area (Å²) in [4.78, 5) is 23.3. The van der Waals surface area contributed by atoms with Crippen LogP contribution in [0.15, 0.2) is 85.1 Å². The number of hydrogen-bond acceptors (Lipinski definition) is 5. The predicted octanol–water partition coefficient (Wildman–Crippen LogP) is 17.6. The second-order valence-corrected chi connectivity index (χ2v) is 22.1. The largest absolute Gasteiger partial charge is 0.472 e. The van der Waals surface area contributed by atoms with Crippen LogP contribution in [0.5, 0.6) is 0 Å². The number of hydrogen-bond donors (Lipinski definition) is 3. The van der Waals surface area contributed by atoms with E-state index in [9.17, 15) is 19.4 Å². The van der Waals surface area contributed by atoms with Crippen molar-refractivity contribution < 1.29 is 32.9 Å². The summed E-state index contributed by atoms with van der Waals surface area (Å²) in [5, 5.41) is 13.9. The molecule has 8 nitrogen and oxygen atoms in total. The summed E-state index contributed by atoms with van der Waals surface area (Å²) in [6.45, 7) is 4.71. The van der Waals surface area contributed by atoms with Crippen LogP contribution in [-0.2, 0) is 18.4 Å². The molecular weight excluding hydrogens is 888 g/mol. The van der Waals surface area contributed by atoms with E-state index < -0.39 is 20.0 Å². The van der Waals surface area contributed by atoms with Gasteiger partial charge in [0.05, 0.1) is 39.9 Å². The minimum absolute atomic E-state index is 0.0584. The number of nitrogens with one attached hydrogen (secondary N) is 1. The average molecular weight is 1000 g/mol. The first-order valence-corrected chi connectivity index (χ1v) is 30.5. The monoisotopic (exact) mass is 1000 g/mol. The Balaban J connectivity index is 4.17. The summed E-state index contributed by atoms with van der Waals surface area (Å²) in [7, 11) is 1.57. The third-order valence-electron chi connectivity index (χ3n) is 12.6. The smallest absolute Gasteiger partial charge is 0.387 e. The van der Waals surface area contributed by atoms with E-state index in [1.165, 1.54) is 148 Å². The number of aliphatic hydroxyl groups excluding tert-OH is 1. The van der Waals surface area contributed by atoms with Gasteiger partial charge in [-0.05, 0) is 70.6 Å². The van der Waals surface area contributed by atoms with Gasteiger partial charge in [-0.25, -0.2) is 4.57 Å². The molecule has 70 heavy (non-hydrogen) atoms. The summed E-state index contributed by atoms with van der Waals surface area (Å²) >= 11 is 0. The number of quaternary nitrogens is 1. The lowest BCUT2D eigenvalue weighted by molar-refractivity contribution is -0.870. The van der Waals surface area contributed by atoms with Crippen molar-refractivity contribution in [1.29, 1.82) is 0 Å². The molecule has 0 saturated carbocycles. The number of aliphatic hydroxyl groups is 1. The number of carbonyl (C=O) groups excluding carboxylic acids is 1. The highest BCUT2D eigenvalue weighted by Crippen LogP contribution is 2.43. The third-order valence-corrected chi connectivity index (χ3v) is 13.6. The topological polar surface area (TPSA) is 105 Å². The molecule has 0 heterocycles. The minimum atomic E-state index is -4.35. The number of unbranched alkanes of at least 4 members (excludes halogenated alkanes) is 27. The molecule has 0 aromatic carbocycles. The normalized spacial score (nSPS) is 14.6. The molecule has 3 N–H and O–H groups in total. The van der Waals surface area contributed by atoms with Gasteiger partial charge in [0.2, 0.25) is 5.91 Å². The van der Waals surface area contributed by atoms with E-state index in [4.69, 9.17) is 9.05 Å². The molecule has 0 spiro atoms. The maximum atomic E-state index is 13.0. The first-order chi connectivity index (χ1) is 34.0. The van der Waals surface area contributed by atoms with E-state index in [1.54, 1.807) is 6.08 Å². The van der Waals surface area contributed by atoms with Crippen LogP contribution >= 0.6 is 7.82 Å². The van der Waals surface area contributed by atoms with Gasteiger partial charge in [-0.2, -0.15) is 0 Å². The zero-order valence-corrected chi connectivity index (χ0v) is 47.1. The van der Waals surface area contributed by atoms with Crippen LogP contribution in [0.25, 0.3) is 0 Å². The SMILES string of the molecule is CC/C=C\C/C=C\C/C=C\C/C=C\C/C=C\C/C=C\CCCCCCCCCCCCCCC(=O)NC(COP(=O)(O)OCC[N+](C)(C)C)C(O)/C=C/CCCCCCCCCCCCCCCCC. The molecule has 406 valence electrons. The second kappa shape index (κ2) is 51.6. The highest BCUT2D eigenvalue weighted by molar-refractivity contribution is 7.47. The Kier molecular flexibility index (Phi) is 49.9. The van der Waals surface area contributed by atoms with Crippen LogP contribution in [0.3, 0.4) is 0 Å². The zero-order valence-electron chi connectivity index (χ0n) is 46.2. The number of amides is 1. The number of likely N-dealkylation sites (N-methyl/N-ethyl adjacent to an activating group) is 1. The molecule has 0 aromatic rings. The lowest BCUT2D eigenvalue weighted by atomic mass is 10.0. The zero-order chi connectivity index (χ0) is 51.3. The number of phosphoric acid groups is 1. The number of nitrogens with zero attached hydrogens (tertiary/aromatic N) is 1. The average Bonchev–Trinajstić information content (AvgIpc) is 3.32. The molecule has 0 aliphatic heterocycles. The van der Waals surface area contributed by atoms with Gasteiger partial charge in [-0.15, -0.1) is 0 Å². The Labute approximate surface area is 433 Å². The molecule has 0 fully saturated rings. The molecule has 9 heteroatoms. The van der Waals surface area contributed by atoms with E-state index in [1.807, 2.05) is 27.2 Å². The molecule has 0 aliphatic rings. The van der Waals surface area contributed by atoms with Gasteiger partial charge < -0.3 is 19.8 Å². The molecule has 3 atom stereocenters.